The van der Waals surface area contributed by atoms with Gasteiger partial charge in [0.1, 0.15) is 19.3 Å². The van der Waals surface area contributed by atoms with Gasteiger partial charge >= 0.3 is 0 Å². The number of benzene rings is 6. The molecule has 0 aliphatic rings. The van der Waals surface area contributed by atoms with Crippen LogP contribution in [0.1, 0.15) is 0 Å². The standard InChI is InChI=1S/C34H22BN3/c35-32-25-11-3-1-9-23(25)31(24-10-2-4-12-26(24)32)21-17-19-22(20-18-21)33-36-28-14-6-5-13-27(28)34-37-29-15-7-8-16-30(29)38(33)34/h1-20H,35H2. The first-order chi connectivity index (χ1) is 18.8. The smallest absolute Gasteiger partial charge is 0.149 e. The van der Waals surface area contributed by atoms with Crippen LogP contribution < -0.4 is 5.46 Å². The summed E-state index contributed by atoms with van der Waals surface area (Å²) in [5.41, 5.74) is 8.79. The minimum Gasteiger partial charge on any atom is -0.276 e. The van der Waals surface area contributed by atoms with E-state index in [9.17, 15) is 0 Å². The van der Waals surface area contributed by atoms with Crippen LogP contribution in [0.4, 0.5) is 0 Å². The van der Waals surface area contributed by atoms with E-state index < -0.39 is 0 Å². The van der Waals surface area contributed by atoms with Crippen LogP contribution >= 0.6 is 0 Å². The van der Waals surface area contributed by atoms with Crippen LogP contribution in [-0.2, 0) is 0 Å². The van der Waals surface area contributed by atoms with E-state index in [0.29, 0.717) is 0 Å². The summed E-state index contributed by atoms with van der Waals surface area (Å²) in [6.45, 7) is 0. The van der Waals surface area contributed by atoms with Crippen LogP contribution in [0, 0.1) is 0 Å². The lowest BCUT2D eigenvalue weighted by molar-refractivity contribution is 1.16. The lowest BCUT2D eigenvalue weighted by atomic mass is 9.81. The molecule has 0 saturated heterocycles. The Bertz CT molecular complexity index is 2140. The highest BCUT2D eigenvalue weighted by Gasteiger charge is 2.16. The van der Waals surface area contributed by atoms with Gasteiger partial charge in [0.25, 0.3) is 0 Å². The molecule has 8 aromatic rings. The molecule has 0 unspecified atom stereocenters. The molecule has 0 saturated carbocycles. The molecule has 0 radical (unpaired) electrons. The fourth-order valence-corrected chi connectivity index (χ4v) is 5.98. The molecule has 4 heteroatoms. The molecular weight excluding hydrogens is 461 g/mol. The first-order valence-electron chi connectivity index (χ1n) is 12.9. The van der Waals surface area contributed by atoms with Crippen LogP contribution in [-0.4, -0.2) is 22.2 Å². The molecule has 38 heavy (non-hydrogen) atoms. The summed E-state index contributed by atoms with van der Waals surface area (Å²) >= 11 is 0. The van der Waals surface area contributed by atoms with Gasteiger partial charge in [-0.2, -0.15) is 0 Å². The third kappa shape index (κ3) is 2.98. The summed E-state index contributed by atoms with van der Waals surface area (Å²) in [6, 6.07) is 42.9. The molecule has 8 rings (SSSR count). The number of imidazole rings is 1. The van der Waals surface area contributed by atoms with E-state index in [0.717, 1.165) is 39.0 Å². The molecule has 0 fully saturated rings. The molecule has 176 valence electrons. The molecule has 2 aromatic heterocycles. The van der Waals surface area contributed by atoms with Gasteiger partial charge in [-0.1, -0.05) is 103 Å². The van der Waals surface area contributed by atoms with E-state index in [1.165, 1.54) is 38.1 Å². The third-order valence-electron chi connectivity index (χ3n) is 7.78. The Morgan fingerprint density at radius 2 is 1.00 bits per heavy atom. The Kier molecular flexibility index (Phi) is 4.47. The van der Waals surface area contributed by atoms with Gasteiger partial charge in [-0.05, 0) is 56.9 Å². The molecule has 6 aromatic carbocycles. The first kappa shape index (κ1) is 21.2. The van der Waals surface area contributed by atoms with Crippen molar-refractivity contribution >= 4 is 62.4 Å². The normalized spacial score (nSPS) is 11.8. The highest BCUT2D eigenvalue weighted by Crippen LogP contribution is 2.36. The Labute approximate surface area is 220 Å². The lowest BCUT2D eigenvalue weighted by Gasteiger charge is -2.16. The van der Waals surface area contributed by atoms with E-state index in [2.05, 4.69) is 115 Å². The van der Waals surface area contributed by atoms with E-state index in [1.807, 2.05) is 18.2 Å². The molecule has 0 N–H and O–H groups in total. The SMILES string of the molecule is Bc1c2ccccc2c(-c2ccc(-c3nc4ccccc4c4nc5ccccc5n34)cc2)c2ccccc12. The van der Waals surface area contributed by atoms with Crippen LogP contribution in [0.25, 0.3) is 71.6 Å². The summed E-state index contributed by atoms with van der Waals surface area (Å²) in [6.07, 6.45) is 0. The van der Waals surface area contributed by atoms with Crippen molar-refractivity contribution in [3.8, 4) is 22.5 Å². The van der Waals surface area contributed by atoms with Crippen molar-refractivity contribution in [3.05, 3.63) is 121 Å². The second-order valence-electron chi connectivity index (χ2n) is 9.88. The molecule has 0 bridgehead atoms. The number of aromatic nitrogens is 3. The molecule has 0 aliphatic heterocycles. The highest BCUT2D eigenvalue weighted by molar-refractivity contribution is 6.46. The molecule has 0 amide bonds. The fourth-order valence-electron chi connectivity index (χ4n) is 5.98. The number of para-hydroxylation sites is 3. The maximum atomic E-state index is 5.13. The molecule has 0 atom stereocenters. The zero-order chi connectivity index (χ0) is 25.2. The maximum absolute atomic E-state index is 5.13. The highest BCUT2D eigenvalue weighted by atomic mass is 15.1. The number of fused-ring (bicyclic) bond motifs is 7. The second-order valence-corrected chi connectivity index (χ2v) is 9.88. The van der Waals surface area contributed by atoms with Gasteiger partial charge in [0.2, 0.25) is 0 Å². The fraction of sp³-hybridized carbons (Fsp3) is 0. The Hall–Kier alpha value is -4.96. The number of rotatable bonds is 2. The van der Waals surface area contributed by atoms with Crippen LogP contribution in [0.15, 0.2) is 121 Å². The van der Waals surface area contributed by atoms with Crippen molar-refractivity contribution in [1.29, 1.82) is 0 Å². The zero-order valence-corrected chi connectivity index (χ0v) is 20.9. The topological polar surface area (TPSA) is 30.2 Å². The predicted molar refractivity (Wildman–Crippen MR) is 162 cm³/mol. The Morgan fingerprint density at radius 3 is 1.68 bits per heavy atom. The average Bonchev–Trinajstić information content (AvgIpc) is 3.38. The van der Waals surface area contributed by atoms with Gasteiger partial charge in [-0.15, -0.1) is 0 Å². The van der Waals surface area contributed by atoms with Crippen LogP contribution in [0.3, 0.4) is 0 Å². The predicted octanol–water partition coefficient (Wildman–Crippen LogP) is 6.93. The van der Waals surface area contributed by atoms with Crippen molar-refractivity contribution < 1.29 is 0 Å². The minimum absolute atomic E-state index is 0.901. The molecule has 0 aliphatic carbocycles. The van der Waals surface area contributed by atoms with E-state index in [-0.39, 0.29) is 0 Å². The van der Waals surface area contributed by atoms with Crippen molar-refractivity contribution in [2.45, 2.75) is 0 Å². The van der Waals surface area contributed by atoms with Crippen molar-refractivity contribution in [2.75, 3.05) is 0 Å². The number of hydrogen-bond acceptors (Lipinski definition) is 2. The van der Waals surface area contributed by atoms with Crippen molar-refractivity contribution in [3.63, 3.8) is 0 Å². The Balaban J connectivity index is 1.39. The molecule has 3 nitrogen and oxygen atoms in total. The van der Waals surface area contributed by atoms with E-state index in [1.54, 1.807) is 0 Å². The molecular formula is C34H22BN3. The third-order valence-corrected chi connectivity index (χ3v) is 7.78. The summed E-state index contributed by atoms with van der Waals surface area (Å²) < 4.78 is 2.20. The summed E-state index contributed by atoms with van der Waals surface area (Å²) in [5, 5.41) is 6.22. The maximum Gasteiger partial charge on any atom is 0.149 e. The monoisotopic (exact) mass is 483 g/mol. The van der Waals surface area contributed by atoms with Crippen molar-refractivity contribution in [1.82, 2.24) is 14.4 Å². The van der Waals surface area contributed by atoms with Gasteiger partial charge in [-0.25, -0.2) is 9.97 Å². The minimum atomic E-state index is 0.901. The van der Waals surface area contributed by atoms with Gasteiger partial charge < -0.3 is 0 Å². The van der Waals surface area contributed by atoms with Crippen LogP contribution in [0.5, 0.6) is 0 Å². The van der Waals surface area contributed by atoms with Gasteiger partial charge in [0.05, 0.1) is 16.6 Å². The van der Waals surface area contributed by atoms with Crippen molar-refractivity contribution in [2.24, 2.45) is 0 Å². The molecule has 2 heterocycles. The van der Waals surface area contributed by atoms with E-state index >= 15 is 0 Å². The second kappa shape index (κ2) is 8.02. The summed E-state index contributed by atoms with van der Waals surface area (Å²) in [5.74, 6) is 0.901. The van der Waals surface area contributed by atoms with Gasteiger partial charge in [0, 0.05) is 10.9 Å². The average molecular weight is 483 g/mol. The largest absolute Gasteiger partial charge is 0.276 e. The first-order valence-corrected chi connectivity index (χ1v) is 12.9. The van der Waals surface area contributed by atoms with E-state index in [4.69, 9.17) is 9.97 Å². The lowest BCUT2D eigenvalue weighted by Crippen LogP contribution is -2.07. The van der Waals surface area contributed by atoms with Gasteiger partial charge in [0.15, 0.2) is 0 Å². The summed E-state index contributed by atoms with van der Waals surface area (Å²) in [4.78, 5) is 10.1. The Morgan fingerprint density at radius 1 is 0.474 bits per heavy atom. The quantitative estimate of drug-likeness (QED) is 0.197. The number of hydrogen-bond donors (Lipinski definition) is 0. The van der Waals surface area contributed by atoms with Gasteiger partial charge in [-0.3, -0.25) is 4.40 Å². The summed E-state index contributed by atoms with van der Waals surface area (Å²) in [7, 11) is 2.23. The molecule has 0 spiro atoms. The zero-order valence-electron chi connectivity index (χ0n) is 20.9. The number of nitrogens with zero attached hydrogens (tertiary/aromatic N) is 3. The van der Waals surface area contributed by atoms with Crippen LogP contribution in [0.2, 0.25) is 0 Å².